The predicted molar refractivity (Wildman–Crippen MR) is 96.1 cm³/mol. The molecule has 0 fully saturated rings. The van der Waals surface area contributed by atoms with Crippen molar-refractivity contribution in [3.8, 4) is 0 Å². The van der Waals surface area contributed by atoms with Gasteiger partial charge in [0.05, 0.1) is 4.92 Å². The summed E-state index contributed by atoms with van der Waals surface area (Å²) in [5, 5.41) is 23.6. The molecule has 0 saturated carbocycles. The van der Waals surface area contributed by atoms with Gasteiger partial charge in [0, 0.05) is 34.1 Å². The molecule has 0 saturated heterocycles. The van der Waals surface area contributed by atoms with Gasteiger partial charge in [0.1, 0.15) is 11.3 Å². The zero-order chi connectivity index (χ0) is 19.1. The SMILES string of the molecule is O=C(O)c1cc2cc(NC(=O)c3cc4cc([N+](=O)[O-])ccc4o3)ccc2[nH]1. The molecule has 0 bridgehead atoms. The molecule has 134 valence electrons. The number of aromatic nitrogens is 1. The first-order valence-electron chi connectivity index (χ1n) is 7.76. The van der Waals surface area contributed by atoms with Gasteiger partial charge in [0.2, 0.25) is 0 Å². The van der Waals surface area contributed by atoms with Crippen molar-refractivity contribution < 1.29 is 24.0 Å². The summed E-state index contributed by atoms with van der Waals surface area (Å²) < 4.78 is 5.44. The Morgan fingerprint density at radius 2 is 1.89 bits per heavy atom. The van der Waals surface area contributed by atoms with Crippen LogP contribution in [-0.2, 0) is 0 Å². The van der Waals surface area contributed by atoms with Gasteiger partial charge in [-0.1, -0.05) is 0 Å². The number of aromatic carboxylic acids is 1. The van der Waals surface area contributed by atoms with E-state index in [1.165, 1.54) is 30.3 Å². The van der Waals surface area contributed by atoms with Crippen LogP contribution in [0, 0.1) is 10.1 Å². The number of carboxylic acids is 1. The monoisotopic (exact) mass is 365 g/mol. The Bertz CT molecular complexity index is 1240. The van der Waals surface area contributed by atoms with Crippen molar-refractivity contribution in [3.05, 3.63) is 70.1 Å². The van der Waals surface area contributed by atoms with Crippen molar-refractivity contribution in [3.63, 3.8) is 0 Å². The number of fused-ring (bicyclic) bond motifs is 2. The number of H-pyrrole nitrogens is 1. The Hall–Kier alpha value is -4.14. The first-order chi connectivity index (χ1) is 12.9. The lowest BCUT2D eigenvalue weighted by Gasteiger charge is -2.03. The largest absolute Gasteiger partial charge is 0.477 e. The summed E-state index contributed by atoms with van der Waals surface area (Å²) in [7, 11) is 0. The molecule has 2 heterocycles. The van der Waals surface area contributed by atoms with E-state index in [0.29, 0.717) is 27.6 Å². The maximum absolute atomic E-state index is 12.4. The molecule has 0 atom stereocenters. The molecule has 4 aromatic rings. The average Bonchev–Trinajstić information content (AvgIpc) is 3.24. The zero-order valence-electron chi connectivity index (χ0n) is 13.6. The molecular formula is C18H11N3O6. The van der Waals surface area contributed by atoms with E-state index < -0.39 is 16.8 Å². The zero-order valence-corrected chi connectivity index (χ0v) is 13.6. The van der Waals surface area contributed by atoms with Gasteiger partial charge in [-0.15, -0.1) is 0 Å². The van der Waals surface area contributed by atoms with Crippen LogP contribution in [0.25, 0.3) is 21.9 Å². The number of carbonyl (C=O) groups is 2. The number of aromatic amines is 1. The molecule has 0 aliphatic rings. The normalized spacial score (nSPS) is 11.0. The Morgan fingerprint density at radius 1 is 1.07 bits per heavy atom. The number of anilines is 1. The van der Waals surface area contributed by atoms with E-state index in [0.717, 1.165) is 0 Å². The summed E-state index contributed by atoms with van der Waals surface area (Å²) in [6.07, 6.45) is 0. The quantitative estimate of drug-likeness (QED) is 0.372. The Kier molecular flexibility index (Phi) is 3.62. The highest BCUT2D eigenvalue weighted by atomic mass is 16.6. The maximum atomic E-state index is 12.4. The van der Waals surface area contributed by atoms with Crippen molar-refractivity contribution in [2.75, 3.05) is 5.32 Å². The van der Waals surface area contributed by atoms with E-state index in [1.54, 1.807) is 18.2 Å². The lowest BCUT2D eigenvalue weighted by atomic mass is 10.2. The highest BCUT2D eigenvalue weighted by Gasteiger charge is 2.16. The molecule has 0 radical (unpaired) electrons. The molecule has 2 aromatic heterocycles. The summed E-state index contributed by atoms with van der Waals surface area (Å²) in [5.41, 5.74) is 1.39. The Labute approximate surface area is 150 Å². The standard InChI is InChI=1S/C18H11N3O6/c22-17(16-8-10-6-12(21(25)26)2-4-15(10)27-16)19-11-1-3-13-9(5-11)7-14(20-13)18(23)24/h1-8,20H,(H,19,22)(H,23,24). The Balaban J connectivity index is 1.61. The third-order valence-electron chi connectivity index (χ3n) is 4.04. The second kappa shape index (κ2) is 5.99. The third-order valence-corrected chi connectivity index (χ3v) is 4.04. The van der Waals surface area contributed by atoms with Crippen LogP contribution < -0.4 is 5.32 Å². The molecule has 2 aromatic carbocycles. The number of nitrogens with zero attached hydrogens (tertiary/aromatic N) is 1. The minimum absolute atomic E-state index is 0.00545. The summed E-state index contributed by atoms with van der Waals surface area (Å²) in [6.45, 7) is 0. The molecular weight excluding hydrogens is 354 g/mol. The van der Waals surface area contributed by atoms with E-state index in [4.69, 9.17) is 9.52 Å². The molecule has 9 heteroatoms. The number of nitro groups is 1. The van der Waals surface area contributed by atoms with Gasteiger partial charge < -0.3 is 19.8 Å². The fourth-order valence-corrected chi connectivity index (χ4v) is 2.77. The number of furan rings is 1. The highest BCUT2D eigenvalue weighted by Crippen LogP contribution is 2.25. The predicted octanol–water partition coefficient (Wildman–Crippen LogP) is 3.77. The number of amides is 1. The minimum Gasteiger partial charge on any atom is -0.477 e. The number of carboxylic acid groups (broad SMARTS) is 1. The number of carbonyl (C=O) groups excluding carboxylic acids is 1. The van der Waals surface area contributed by atoms with Crippen LogP contribution in [0.3, 0.4) is 0 Å². The number of non-ortho nitro benzene ring substituents is 1. The number of benzene rings is 2. The molecule has 27 heavy (non-hydrogen) atoms. The number of nitro benzene ring substituents is 1. The molecule has 0 unspecified atom stereocenters. The molecule has 4 rings (SSSR count). The smallest absolute Gasteiger partial charge is 0.352 e. The third kappa shape index (κ3) is 2.97. The van der Waals surface area contributed by atoms with Gasteiger partial charge in [-0.25, -0.2) is 4.79 Å². The van der Waals surface area contributed by atoms with Crippen LogP contribution in [0.1, 0.15) is 21.0 Å². The molecule has 1 amide bonds. The number of hydrogen-bond acceptors (Lipinski definition) is 5. The topological polar surface area (TPSA) is 138 Å². The lowest BCUT2D eigenvalue weighted by molar-refractivity contribution is -0.384. The summed E-state index contributed by atoms with van der Waals surface area (Å²) >= 11 is 0. The minimum atomic E-state index is -1.08. The molecule has 9 nitrogen and oxygen atoms in total. The first kappa shape index (κ1) is 16.3. The first-order valence-corrected chi connectivity index (χ1v) is 7.76. The van der Waals surface area contributed by atoms with Crippen LogP contribution in [-0.4, -0.2) is 26.9 Å². The number of hydrogen-bond donors (Lipinski definition) is 3. The van der Waals surface area contributed by atoms with Crippen molar-refractivity contribution >= 4 is 45.1 Å². The maximum Gasteiger partial charge on any atom is 0.352 e. The van der Waals surface area contributed by atoms with E-state index in [2.05, 4.69) is 10.3 Å². The van der Waals surface area contributed by atoms with Gasteiger partial charge in [0.25, 0.3) is 11.6 Å². The van der Waals surface area contributed by atoms with Gasteiger partial charge in [-0.2, -0.15) is 0 Å². The molecule has 0 aliphatic heterocycles. The van der Waals surface area contributed by atoms with E-state index in [1.807, 2.05) is 0 Å². The van der Waals surface area contributed by atoms with Gasteiger partial charge in [-0.3, -0.25) is 14.9 Å². The fourth-order valence-electron chi connectivity index (χ4n) is 2.77. The number of nitrogens with one attached hydrogen (secondary N) is 2. The van der Waals surface area contributed by atoms with Gasteiger partial charge in [-0.05, 0) is 36.4 Å². The Morgan fingerprint density at radius 3 is 2.63 bits per heavy atom. The van der Waals surface area contributed by atoms with Crippen LogP contribution in [0.2, 0.25) is 0 Å². The molecule has 0 spiro atoms. The summed E-state index contributed by atoms with van der Waals surface area (Å²) in [4.78, 5) is 36.5. The number of rotatable bonds is 4. The van der Waals surface area contributed by atoms with Crippen molar-refractivity contribution in [1.29, 1.82) is 0 Å². The molecule has 3 N–H and O–H groups in total. The second-order valence-corrected chi connectivity index (χ2v) is 5.83. The highest BCUT2D eigenvalue weighted by molar-refractivity contribution is 6.06. The second-order valence-electron chi connectivity index (χ2n) is 5.83. The van der Waals surface area contributed by atoms with Crippen molar-refractivity contribution in [2.45, 2.75) is 0 Å². The average molecular weight is 365 g/mol. The molecule has 0 aliphatic carbocycles. The van der Waals surface area contributed by atoms with Crippen LogP contribution in [0.15, 0.2) is 52.9 Å². The lowest BCUT2D eigenvalue weighted by Crippen LogP contribution is -2.10. The van der Waals surface area contributed by atoms with Gasteiger partial charge in [0.15, 0.2) is 5.76 Å². The van der Waals surface area contributed by atoms with Crippen molar-refractivity contribution in [1.82, 2.24) is 4.98 Å². The van der Waals surface area contributed by atoms with E-state index >= 15 is 0 Å². The van der Waals surface area contributed by atoms with Gasteiger partial charge >= 0.3 is 5.97 Å². The van der Waals surface area contributed by atoms with Crippen LogP contribution >= 0.6 is 0 Å². The summed E-state index contributed by atoms with van der Waals surface area (Å²) in [6, 6.07) is 11.9. The van der Waals surface area contributed by atoms with Crippen LogP contribution in [0.4, 0.5) is 11.4 Å². The van der Waals surface area contributed by atoms with E-state index in [-0.39, 0.29) is 17.1 Å². The van der Waals surface area contributed by atoms with E-state index in [9.17, 15) is 19.7 Å². The van der Waals surface area contributed by atoms with Crippen LogP contribution in [0.5, 0.6) is 0 Å². The van der Waals surface area contributed by atoms with Crippen molar-refractivity contribution in [2.24, 2.45) is 0 Å². The summed E-state index contributed by atoms with van der Waals surface area (Å²) in [5.74, 6) is -1.60. The fraction of sp³-hybridized carbons (Fsp3) is 0.